The third kappa shape index (κ3) is 3.25. The van der Waals surface area contributed by atoms with E-state index in [1.807, 2.05) is 23.5 Å². The van der Waals surface area contributed by atoms with Gasteiger partial charge in [-0.1, -0.05) is 13.0 Å². The zero-order chi connectivity index (χ0) is 20.8. The van der Waals surface area contributed by atoms with Crippen molar-refractivity contribution in [1.82, 2.24) is 9.47 Å². The normalized spacial score (nSPS) is 17.7. The number of aryl methyl sites for hydroxylation is 3. The molecule has 4 nitrogen and oxygen atoms in total. The van der Waals surface area contributed by atoms with Gasteiger partial charge in [0.15, 0.2) is 0 Å². The van der Waals surface area contributed by atoms with Crippen molar-refractivity contribution in [2.45, 2.75) is 65.5 Å². The Kier molecular flexibility index (Phi) is 4.94. The summed E-state index contributed by atoms with van der Waals surface area (Å²) in [5, 5.41) is 4.51. The summed E-state index contributed by atoms with van der Waals surface area (Å²) in [7, 11) is 0. The maximum Gasteiger partial charge on any atom is 0.322 e. The molecule has 0 fully saturated rings. The molecule has 0 radical (unpaired) electrons. The minimum Gasteiger partial charge on any atom is -0.312 e. The summed E-state index contributed by atoms with van der Waals surface area (Å²) in [6, 6.07) is 10.6. The molecule has 1 aliphatic carbocycles. The lowest BCUT2D eigenvalue weighted by atomic mass is 9.95. The van der Waals surface area contributed by atoms with Gasteiger partial charge < -0.3 is 14.8 Å². The van der Waals surface area contributed by atoms with Gasteiger partial charge in [0.25, 0.3) is 0 Å². The van der Waals surface area contributed by atoms with Crippen LogP contribution in [-0.4, -0.2) is 15.5 Å². The first kappa shape index (κ1) is 19.4. The molecule has 1 aliphatic heterocycles. The molecule has 5 heteroatoms. The number of anilines is 1. The monoisotopic (exact) mass is 419 g/mol. The van der Waals surface area contributed by atoms with E-state index in [-0.39, 0.29) is 12.1 Å². The molecule has 3 heterocycles. The Morgan fingerprint density at radius 2 is 1.90 bits per heavy atom. The Morgan fingerprint density at radius 1 is 1.13 bits per heavy atom. The van der Waals surface area contributed by atoms with E-state index in [9.17, 15) is 4.79 Å². The van der Waals surface area contributed by atoms with Gasteiger partial charge in [-0.25, -0.2) is 4.79 Å². The number of carbonyl (C=O) groups excluding carboxylic acids is 1. The van der Waals surface area contributed by atoms with Crippen molar-refractivity contribution >= 4 is 23.1 Å². The molecule has 156 valence electrons. The molecule has 2 amide bonds. The van der Waals surface area contributed by atoms with Crippen LogP contribution in [0.15, 0.2) is 36.5 Å². The molecule has 2 aromatic heterocycles. The number of fused-ring (bicyclic) bond motifs is 5. The second-order valence-corrected chi connectivity index (χ2v) is 9.74. The SMILES string of the molecule is CC[C@H]1c2cccn2-c2sc3c(c2CN1C(=O)Nc1cc(C)cc(C)c1)CCCC3. The molecule has 1 aromatic carbocycles. The summed E-state index contributed by atoms with van der Waals surface area (Å²) in [5.41, 5.74) is 7.28. The van der Waals surface area contributed by atoms with E-state index in [2.05, 4.69) is 60.0 Å². The average Bonchev–Trinajstić information content (AvgIpc) is 3.29. The van der Waals surface area contributed by atoms with E-state index in [1.165, 1.54) is 46.0 Å². The molecule has 1 atom stereocenters. The molecule has 2 aliphatic rings. The Hall–Kier alpha value is -2.53. The predicted octanol–water partition coefficient (Wildman–Crippen LogP) is 6.53. The second-order valence-electron chi connectivity index (χ2n) is 8.66. The molecular weight excluding hydrogens is 390 g/mol. The molecule has 0 unspecified atom stereocenters. The minimum atomic E-state index is -0.0109. The van der Waals surface area contributed by atoms with E-state index in [0.29, 0.717) is 6.54 Å². The Balaban J connectivity index is 1.56. The first-order chi connectivity index (χ1) is 14.5. The predicted molar refractivity (Wildman–Crippen MR) is 124 cm³/mol. The maximum atomic E-state index is 13.6. The highest BCUT2D eigenvalue weighted by molar-refractivity contribution is 7.15. The van der Waals surface area contributed by atoms with Gasteiger partial charge in [0, 0.05) is 28.0 Å². The van der Waals surface area contributed by atoms with Crippen LogP contribution in [0.25, 0.3) is 5.00 Å². The highest BCUT2D eigenvalue weighted by Crippen LogP contribution is 2.43. The highest BCUT2D eigenvalue weighted by atomic mass is 32.1. The summed E-state index contributed by atoms with van der Waals surface area (Å²) in [5.74, 6) is 0. The van der Waals surface area contributed by atoms with Crippen molar-refractivity contribution in [1.29, 1.82) is 0 Å². The number of nitrogens with zero attached hydrogens (tertiary/aromatic N) is 2. The third-order valence-electron chi connectivity index (χ3n) is 6.43. The van der Waals surface area contributed by atoms with Gasteiger partial charge in [0.05, 0.1) is 12.6 Å². The largest absolute Gasteiger partial charge is 0.322 e. The lowest BCUT2D eigenvalue weighted by molar-refractivity contribution is 0.181. The van der Waals surface area contributed by atoms with Crippen molar-refractivity contribution in [2.75, 3.05) is 5.32 Å². The van der Waals surface area contributed by atoms with Crippen molar-refractivity contribution < 1.29 is 4.79 Å². The van der Waals surface area contributed by atoms with E-state index < -0.39 is 0 Å². The Morgan fingerprint density at radius 3 is 2.67 bits per heavy atom. The fraction of sp³-hybridized carbons (Fsp3) is 0.400. The van der Waals surface area contributed by atoms with Crippen LogP contribution in [0, 0.1) is 13.8 Å². The number of amides is 2. The van der Waals surface area contributed by atoms with Crippen molar-refractivity contribution in [3.63, 3.8) is 0 Å². The standard InChI is InChI=1S/C25H29N3OS/c1-4-21-22-9-7-11-27(22)24-20(19-8-5-6-10-23(19)30-24)15-28(21)25(29)26-18-13-16(2)12-17(3)14-18/h7,9,11-14,21H,4-6,8,10,15H2,1-3H3,(H,26,29)/t21-/m0/s1. The quantitative estimate of drug-likeness (QED) is 0.503. The lowest BCUT2D eigenvalue weighted by Gasteiger charge is -2.30. The zero-order valence-corrected chi connectivity index (χ0v) is 18.8. The van der Waals surface area contributed by atoms with Crippen molar-refractivity contribution in [2.24, 2.45) is 0 Å². The summed E-state index contributed by atoms with van der Waals surface area (Å²) < 4.78 is 2.34. The van der Waals surface area contributed by atoms with Crippen molar-refractivity contribution in [3.05, 3.63) is 69.4 Å². The first-order valence-corrected chi connectivity index (χ1v) is 11.8. The molecule has 30 heavy (non-hydrogen) atoms. The van der Waals surface area contributed by atoms with Gasteiger partial charge in [0.2, 0.25) is 0 Å². The molecule has 0 bridgehead atoms. The summed E-state index contributed by atoms with van der Waals surface area (Å²) in [4.78, 5) is 17.1. The number of carbonyl (C=O) groups is 1. The molecule has 0 saturated carbocycles. The highest BCUT2D eigenvalue weighted by Gasteiger charge is 2.34. The van der Waals surface area contributed by atoms with Crippen LogP contribution in [0.1, 0.15) is 65.1 Å². The number of benzene rings is 1. The number of rotatable bonds is 2. The molecule has 5 rings (SSSR count). The number of nitrogens with one attached hydrogen (secondary N) is 1. The maximum absolute atomic E-state index is 13.6. The summed E-state index contributed by atoms with van der Waals surface area (Å²) >= 11 is 1.94. The van der Waals surface area contributed by atoms with Gasteiger partial charge in [-0.15, -0.1) is 11.3 Å². The van der Waals surface area contributed by atoms with Gasteiger partial charge in [0.1, 0.15) is 5.00 Å². The third-order valence-corrected chi connectivity index (χ3v) is 7.76. The summed E-state index contributed by atoms with van der Waals surface area (Å²) in [6.45, 7) is 6.99. The molecule has 0 spiro atoms. The van der Waals surface area contributed by atoms with Crippen LogP contribution >= 0.6 is 11.3 Å². The number of hydrogen-bond acceptors (Lipinski definition) is 2. The Bertz CT molecular complexity index is 1090. The van der Waals surface area contributed by atoms with Crippen LogP contribution in [0.2, 0.25) is 0 Å². The minimum absolute atomic E-state index is 0.0109. The zero-order valence-electron chi connectivity index (χ0n) is 18.0. The van der Waals surface area contributed by atoms with Crippen LogP contribution in [-0.2, 0) is 19.4 Å². The number of urea groups is 1. The van der Waals surface area contributed by atoms with Gasteiger partial charge in [-0.2, -0.15) is 0 Å². The fourth-order valence-electron chi connectivity index (χ4n) is 5.15. The van der Waals surface area contributed by atoms with E-state index in [4.69, 9.17) is 0 Å². The lowest BCUT2D eigenvalue weighted by Crippen LogP contribution is -2.37. The van der Waals surface area contributed by atoms with Crippen molar-refractivity contribution in [3.8, 4) is 5.00 Å². The fourth-order valence-corrected chi connectivity index (χ4v) is 6.55. The number of thiophene rings is 1. The van der Waals surface area contributed by atoms with E-state index >= 15 is 0 Å². The van der Waals surface area contributed by atoms with Gasteiger partial charge in [-0.3, -0.25) is 0 Å². The van der Waals surface area contributed by atoms with Crippen LogP contribution in [0.5, 0.6) is 0 Å². The van der Waals surface area contributed by atoms with Gasteiger partial charge in [-0.05, 0) is 86.9 Å². The molecular formula is C25H29N3OS. The average molecular weight is 420 g/mol. The van der Waals surface area contributed by atoms with Crippen LogP contribution < -0.4 is 5.32 Å². The van der Waals surface area contributed by atoms with Crippen LogP contribution in [0.3, 0.4) is 0 Å². The van der Waals surface area contributed by atoms with E-state index in [0.717, 1.165) is 29.7 Å². The molecule has 1 N–H and O–H groups in total. The smallest absolute Gasteiger partial charge is 0.312 e. The van der Waals surface area contributed by atoms with Gasteiger partial charge >= 0.3 is 6.03 Å². The number of hydrogen-bond donors (Lipinski definition) is 1. The molecule has 0 saturated heterocycles. The topological polar surface area (TPSA) is 37.3 Å². The molecule has 3 aromatic rings. The van der Waals surface area contributed by atoms with Crippen LogP contribution in [0.4, 0.5) is 10.5 Å². The number of aromatic nitrogens is 1. The summed E-state index contributed by atoms with van der Waals surface area (Å²) in [6.07, 6.45) is 7.91. The van der Waals surface area contributed by atoms with E-state index in [1.54, 1.807) is 0 Å². The second kappa shape index (κ2) is 7.62. The Labute approximate surface area is 182 Å². The first-order valence-electron chi connectivity index (χ1n) is 11.0.